The zero-order valence-electron chi connectivity index (χ0n) is 9.87. The third-order valence-corrected chi connectivity index (χ3v) is 2.72. The Balaban J connectivity index is 3.04. The SMILES string of the molecule is CCC(CC)C(=O)c1cc(C)nnc1C. The van der Waals surface area contributed by atoms with E-state index in [1.165, 1.54) is 0 Å². The van der Waals surface area contributed by atoms with Crippen LogP contribution in [0, 0.1) is 19.8 Å². The maximum atomic E-state index is 12.1. The van der Waals surface area contributed by atoms with Gasteiger partial charge < -0.3 is 0 Å². The van der Waals surface area contributed by atoms with Crippen molar-refractivity contribution in [2.75, 3.05) is 0 Å². The molecule has 0 amide bonds. The molecule has 0 bridgehead atoms. The van der Waals surface area contributed by atoms with Gasteiger partial charge >= 0.3 is 0 Å². The van der Waals surface area contributed by atoms with Gasteiger partial charge in [-0.3, -0.25) is 4.79 Å². The van der Waals surface area contributed by atoms with Gasteiger partial charge in [-0.1, -0.05) is 13.8 Å². The van der Waals surface area contributed by atoms with Crippen molar-refractivity contribution in [1.29, 1.82) is 0 Å². The number of carbonyl (C=O) groups excluding carboxylic acids is 1. The lowest BCUT2D eigenvalue weighted by molar-refractivity contribution is 0.0912. The van der Waals surface area contributed by atoms with Gasteiger partial charge in [0.05, 0.1) is 11.4 Å². The van der Waals surface area contributed by atoms with E-state index in [0.29, 0.717) is 0 Å². The molecule has 0 aliphatic rings. The Bertz CT molecular complexity index is 357. The average Bonchev–Trinajstić information content (AvgIpc) is 2.23. The highest BCUT2D eigenvalue weighted by Crippen LogP contribution is 2.17. The van der Waals surface area contributed by atoms with Crippen LogP contribution in [-0.4, -0.2) is 16.0 Å². The van der Waals surface area contributed by atoms with Crippen LogP contribution < -0.4 is 0 Å². The first kappa shape index (κ1) is 11.8. The molecule has 15 heavy (non-hydrogen) atoms. The fourth-order valence-electron chi connectivity index (χ4n) is 1.68. The highest BCUT2D eigenvalue weighted by molar-refractivity contribution is 5.98. The van der Waals surface area contributed by atoms with Gasteiger partial charge in [0, 0.05) is 11.5 Å². The van der Waals surface area contributed by atoms with Crippen molar-refractivity contribution < 1.29 is 4.79 Å². The summed E-state index contributed by atoms with van der Waals surface area (Å²) in [6.45, 7) is 7.78. The Morgan fingerprint density at radius 3 is 2.40 bits per heavy atom. The van der Waals surface area contributed by atoms with Crippen molar-refractivity contribution in [3.05, 3.63) is 23.0 Å². The lowest BCUT2D eigenvalue weighted by Crippen LogP contribution is -2.15. The molecule has 1 heterocycles. The van der Waals surface area contributed by atoms with E-state index >= 15 is 0 Å². The topological polar surface area (TPSA) is 42.9 Å². The van der Waals surface area contributed by atoms with Crippen LogP contribution in [0.3, 0.4) is 0 Å². The Hall–Kier alpha value is -1.25. The average molecular weight is 206 g/mol. The molecule has 0 fully saturated rings. The zero-order chi connectivity index (χ0) is 11.4. The zero-order valence-corrected chi connectivity index (χ0v) is 9.87. The van der Waals surface area contributed by atoms with E-state index in [9.17, 15) is 4.79 Å². The molecule has 0 unspecified atom stereocenters. The van der Waals surface area contributed by atoms with Crippen LogP contribution >= 0.6 is 0 Å². The first-order valence-electron chi connectivity index (χ1n) is 5.45. The summed E-state index contributed by atoms with van der Waals surface area (Å²) in [5, 5.41) is 7.91. The van der Waals surface area contributed by atoms with Crippen LogP contribution in [0.1, 0.15) is 48.4 Å². The Morgan fingerprint density at radius 1 is 1.27 bits per heavy atom. The fourth-order valence-corrected chi connectivity index (χ4v) is 1.68. The second-order valence-corrected chi connectivity index (χ2v) is 3.86. The number of Topliss-reactive ketones (excluding diaryl/α,β-unsaturated/α-hetero) is 1. The molecule has 0 saturated carbocycles. The summed E-state index contributed by atoms with van der Waals surface area (Å²) in [5.74, 6) is 0.322. The molecule has 0 atom stereocenters. The van der Waals surface area contributed by atoms with Crippen LogP contribution in [0.4, 0.5) is 0 Å². The molecule has 0 saturated heterocycles. The van der Waals surface area contributed by atoms with Gasteiger partial charge in [0.1, 0.15) is 0 Å². The molecule has 0 aliphatic heterocycles. The van der Waals surface area contributed by atoms with Gasteiger partial charge in [-0.05, 0) is 32.8 Å². The third kappa shape index (κ3) is 2.61. The van der Waals surface area contributed by atoms with Gasteiger partial charge in [0.25, 0.3) is 0 Å². The Labute approximate surface area is 90.9 Å². The highest BCUT2D eigenvalue weighted by Gasteiger charge is 2.19. The molecule has 1 aromatic rings. The normalized spacial score (nSPS) is 10.7. The summed E-state index contributed by atoms with van der Waals surface area (Å²) in [5.41, 5.74) is 2.27. The van der Waals surface area contributed by atoms with Gasteiger partial charge in [-0.25, -0.2) is 0 Å². The number of aryl methyl sites for hydroxylation is 2. The second kappa shape index (κ2) is 5.01. The highest BCUT2D eigenvalue weighted by atomic mass is 16.1. The monoisotopic (exact) mass is 206 g/mol. The van der Waals surface area contributed by atoms with Crippen LogP contribution in [-0.2, 0) is 0 Å². The van der Waals surface area contributed by atoms with E-state index in [4.69, 9.17) is 0 Å². The summed E-state index contributed by atoms with van der Waals surface area (Å²) >= 11 is 0. The lowest BCUT2D eigenvalue weighted by Gasteiger charge is -2.12. The van der Waals surface area contributed by atoms with Crippen molar-refractivity contribution in [2.45, 2.75) is 40.5 Å². The van der Waals surface area contributed by atoms with E-state index in [2.05, 4.69) is 10.2 Å². The van der Waals surface area contributed by atoms with Gasteiger partial charge in [0.15, 0.2) is 5.78 Å². The number of ketones is 1. The molecular formula is C12H18N2O. The summed E-state index contributed by atoms with van der Waals surface area (Å²) in [7, 11) is 0. The minimum atomic E-state index is 0.118. The summed E-state index contributed by atoms with van der Waals surface area (Å²) < 4.78 is 0. The maximum absolute atomic E-state index is 12.1. The number of rotatable bonds is 4. The summed E-state index contributed by atoms with van der Waals surface area (Å²) in [4.78, 5) is 12.1. The molecule has 0 radical (unpaired) electrons. The minimum absolute atomic E-state index is 0.118. The van der Waals surface area contributed by atoms with Crippen LogP contribution in [0.25, 0.3) is 0 Å². The Kier molecular flexibility index (Phi) is 3.95. The molecular weight excluding hydrogens is 188 g/mol. The van der Waals surface area contributed by atoms with Crippen molar-refractivity contribution >= 4 is 5.78 Å². The first-order valence-corrected chi connectivity index (χ1v) is 5.45. The molecule has 3 nitrogen and oxygen atoms in total. The Morgan fingerprint density at radius 2 is 1.87 bits per heavy atom. The number of hydrogen-bond acceptors (Lipinski definition) is 3. The number of nitrogens with zero attached hydrogens (tertiary/aromatic N) is 2. The third-order valence-electron chi connectivity index (χ3n) is 2.72. The van der Waals surface area contributed by atoms with E-state index < -0.39 is 0 Å². The van der Waals surface area contributed by atoms with E-state index in [-0.39, 0.29) is 11.7 Å². The van der Waals surface area contributed by atoms with Gasteiger partial charge in [-0.15, -0.1) is 0 Å². The van der Waals surface area contributed by atoms with Crippen LogP contribution in [0.5, 0.6) is 0 Å². The van der Waals surface area contributed by atoms with Gasteiger partial charge in [-0.2, -0.15) is 10.2 Å². The molecule has 1 aromatic heterocycles. The van der Waals surface area contributed by atoms with Crippen molar-refractivity contribution in [1.82, 2.24) is 10.2 Å². The summed E-state index contributed by atoms with van der Waals surface area (Å²) in [6.07, 6.45) is 1.77. The van der Waals surface area contributed by atoms with Crippen molar-refractivity contribution in [3.8, 4) is 0 Å². The molecule has 0 N–H and O–H groups in total. The van der Waals surface area contributed by atoms with E-state index in [0.717, 1.165) is 29.8 Å². The number of hydrogen-bond donors (Lipinski definition) is 0. The molecule has 82 valence electrons. The maximum Gasteiger partial charge on any atom is 0.167 e. The quantitative estimate of drug-likeness (QED) is 0.711. The minimum Gasteiger partial charge on any atom is -0.294 e. The van der Waals surface area contributed by atoms with Crippen molar-refractivity contribution in [2.24, 2.45) is 5.92 Å². The van der Waals surface area contributed by atoms with Crippen LogP contribution in [0.2, 0.25) is 0 Å². The largest absolute Gasteiger partial charge is 0.294 e. The van der Waals surface area contributed by atoms with E-state index in [1.54, 1.807) is 0 Å². The molecule has 0 aromatic carbocycles. The fraction of sp³-hybridized carbons (Fsp3) is 0.583. The standard InChI is InChI=1S/C12H18N2O/c1-5-10(6-2)12(15)11-7-8(3)13-14-9(11)4/h7,10H,5-6H2,1-4H3. The smallest absolute Gasteiger partial charge is 0.167 e. The van der Waals surface area contributed by atoms with Crippen LogP contribution in [0.15, 0.2) is 6.07 Å². The number of aromatic nitrogens is 2. The predicted octanol–water partition coefficient (Wildman–Crippen LogP) is 2.71. The molecule has 0 aliphatic carbocycles. The molecule has 3 heteroatoms. The summed E-state index contributed by atoms with van der Waals surface area (Å²) in [6, 6.07) is 1.84. The second-order valence-electron chi connectivity index (χ2n) is 3.86. The van der Waals surface area contributed by atoms with E-state index in [1.807, 2.05) is 33.8 Å². The first-order chi connectivity index (χ1) is 7.10. The van der Waals surface area contributed by atoms with Gasteiger partial charge in [0.2, 0.25) is 0 Å². The molecule has 0 spiro atoms. The lowest BCUT2D eigenvalue weighted by atomic mass is 9.92. The number of carbonyl (C=O) groups is 1. The predicted molar refractivity (Wildman–Crippen MR) is 59.9 cm³/mol. The van der Waals surface area contributed by atoms with Crippen molar-refractivity contribution in [3.63, 3.8) is 0 Å². The molecule has 1 rings (SSSR count).